The number of fused-ring (bicyclic) bond motifs is 3. The first-order chi connectivity index (χ1) is 8.38. The van der Waals surface area contributed by atoms with E-state index in [-0.39, 0.29) is 0 Å². The Hall–Kier alpha value is -1.56. The van der Waals surface area contributed by atoms with E-state index < -0.39 is 0 Å². The zero-order valence-electron chi connectivity index (χ0n) is 10.2. The first-order valence-electron chi connectivity index (χ1n) is 6.45. The molecule has 0 bridgehead atoms. The van der Waals surface area contributed by atoms with Crippen molar-refractivity contribution in [2.45, 2.75) is 26.2 Å². The lowest BCUT2D eigenvalue weighted by Crippen LogP contribution is -1.87. The largest absolute Gasteiger partial charge is 0.0654 e. The number of hydrogen-bond acceptors (Lipinski definition) is 0. The van der Waals surface area contributed by atoms with Gasteiger partial charge < -0.3 is 0 Å². The van der Waals surface area contributed by atoms with E-state index in [1.54, 1.807) is 0 Å². The van der Waals surface area contributed by atoms with E-state index in [0.29, 0.717) is 0 Å². The van der Waals surface area contributed by atoms with Gasteiger partial charge in [-0.05, 0) is 40.7 Å². The van der Waals surface area contributed by atoms with Gasteiger partial charge in [-0.25, -0.2) is 0 Å². The fourth-order valence-corrected chi connectivity index (χ4v) is 2.55. The van der Waals surface area contributed by atoms with Crippen LogP contribution in [0.15, 0.2) is 42.5 Å². The van der Waals surface area contributed by atoms with Crippen LogP contribution < -0.4 is 0 Å². The van der Waals surface area contributed by atoms with Gasteiger partial charge in [0.1, 0.15) is 0 Å². The minimum Gasteiger partial charge on any atom is -0.0654 e. The topological polar surface area (TPSA) is 0 Å². The summed E-state index contributed by atoms with van der Waals surface area (Å²) in [7, 11) is 0. The fraction of sp³-hybridized carbons (Fsp3) is 0.235. The van der Waals surface area contributed by atoms with Crippen molar-refractivity contribution in [2.24, 2.45) is 0 Å². The highest BCUT2D eigenvalue weighted by Crippen LogP contribution is 2.38. The summed E-state index contributed by atoms with van der Waals surface area (Å²) in [6.07, 6.45) is 6.06. The molecule has 17 heavy (non-hydrogen) atoms. The van der Waals surface area contributed by atoms with Crippen LogP contribution >= 0.6 is 0 Å². The number of aryl methyl sites for hydroxylation is 1. The van der Waals surface area contributed by atoms with Gasteiger partial charge in [0.25, 0.3) is 0 Å². The molecule has 0 aromatic heterocycles. The third-order valence-electron chi connectivity index (χ3n) is 3.50. The molecule has 0 saturated heterocycles. The van der Waals surface area contributed by atoms with Gasteiger partial charge >= 0.3 is 0 Å². The maximum absolute atomic E-state index is 2.35. The Labute approximate surface area is 103 Å². The zero-order chi connectivity index (χ0) is 11.7. The highest BCUT2D eigenvalue weighted by atomic mass is 14.2. The lowest BCUT2D eigenvalue weighted by molar-refractivity contribution is 0.795. The normalized spacial score (nSPS) is 12.3. The van der Waals surface area contributed by atoms with E-state index in [1.165, 1.54) is 47.1 Å². The summed E-state index contributed by atoms with van der Waals surface area (Å²) >= 11 is 0. The molecule has 0 fully saturated rings. The van der Waals surface area contributed by atoms with Crippen molar-refractivity contribution in [3.8, 4) is 11.1 Å². The average molecular weight is 221 g/mol. The van der Waals surface area contributed by atoms with Gasteiger partial charge in [-0.2, -0.15) is 0 Å². The standard InChI is InChI=1S/C17H17/c1-2-3-6-13-9-10-17-15(11-13)12-14-7-4-5-8-16(14)17/h4-5,7-12H,2-3,6H2,1H3. The van der Waals surface area contributed by atoms with Crippen LogP contribution in [-0.2, 0) is 6.42 Å². The first kappa shape index (κ1) is 10.6. The molecule has 0 aliphatic heterocycles. The molecule has 0 saturated carbocycles. The molecule has 0 N–H and O–H groups in total. The summed E-state index contributed by atoms with van der Waals surface area (Å²) in [5.74, 6) is 0. The van der Waals surface area contributed by atoms with E-state index in [4.69, 9.17) is 0 Å². The van der Waals surface area contributed by atoms with Crippen molar-refractivity contribution in [2.75, 3.05) is 0 Å². The molecule has 1 aliphatic rings. The predicted octanol–water partition coefficient (Wildman–Crippen LogP) is 4.61. The molecule has 1 radical (unpaired) electrons. The molecule has 0 heteroatoms. The molecule has 0 spiro atoms. The molecule has 0 nitrogen and oxygen atoms in total. The zero-order valence-corrected chi connectivity index (χ0v) is 10.2. The quantitative estimate of drug-likeness (QED) is 0.606. The van der Waals surface area contributed by atoms with E-state index in [2.05, 4.69) is 55.8 Å². The highest BCUT2D eigenvalue weighted by molar-refractivity contribution is 5.81. The SMILES string of the molecule is CCCCc1ccc2c(c1)[CH]c1ccccc1-2. The summed E-state index contributed by atoms with van der Waals surface area (Å²) in [4.78, 5) is 0. The lowest BCUT2D eigenvalue weighted by Gasteiger charge is -2.04. The van der Waals surface area contributed by atoms with Gasteiger partial charge in [-0.1, -0.05) is 55.8 Å². The minimum absolute atomic E-state index is 1.20. The summed E-state index contributed by atoms with van der Waals surface area (Å²) in [6.45, 7) is 2.25. The van der Waals surface area contributed by atoms with Gasteiger partial charge in [0.15, 0.2) is 0 Å². The highest BCUT2D eigenvalue weighted by Gasteiger charge is 2.17. The summed E-state index contributed by atoms with van der Waals surface area (Å²) in [5, 5.41) is 0. The van der Waals surface area contributed by atoms with Gasteiger partial charge in [0.05, 0.1) is 0 Å². The molecule has 0 unspecified atom stereocenters. The van der Waals surface area contributed by atoms with Crippen molar-refractivity contribution in [1.29, 1.82) is 0 Å². The van der Waals surface area contributed by atoms with E-state index in [9.17, 15) is 0 Å². The maximum Gasteiger partial charge on any atom is 0.0212 e. The third kappa shape index (κ3) is 1.88. The Bertz CT molecular complexity index is 537. The van der Waals surface area contributed by atoms with Crippen molar-refractivity contribution in [1.82, 2.24) is 0 Å². The van der Waals surface area contributed by atoms with Crippen LogP contribution in [0.5, 0.6) is 0 Å². The smallest absolute Gasteiger partial charge is 0.0212 e. The van der Waals surface area contributed by atoms with E-state index in [1.807, 2.05) is 0 Å². The Balaban J connectivity index is 1.95. The predicted molar refractivity (Wildman–Crippen MR) is 73.0 cm³/mol. The van der Waals surface area contributed by atoms with Crippen LogP contribution in [0.25, 0.3) is 11.1 Å². The van der Waals surface area contributed by atoms with Crippen LogP contribution in [0.3, 0.4) is 0 Å². The van der Waals surface area contributed by atoms with Crippen LogP contribution in [-0.4, -0.2) is 0 Å². The Kier molecular flexibility index (Phi) is 2.72. The second-order valence-corrected chi connectivity index (χ2v) is 4.76. The van der Waals surface area contributed by atoms with Gasteiger partial charge in [-0.3, -0.25) is 0 Å². The summed E-state index contributed by atoms with van der Waals surface area (Å²) < 4.78 is 0. The van der Waals surface area contributed by atoms with Crippen LogP contribution in [0.2, 0.25) is 0 Å². The van der Waals surface area contributed by atoms with Crippen molar-refractivity contribution >= 4 is 0 Å². The van der Waals surface area contributed by atoms with E-state index >= 15 is 0 Å². The Morgan fingerprint density at radius 3 is 2.59 bits per heavy atom. The molecule has 2 aromatic rings. The molecule has 0 amide bonds. The average Bonchev–Trinajstić information content (AvgIpc) is 2.74. The second kappa shape index (κ2) is 4.37. The molecule has 0 atom stereocenters. The van der Waals surface area contributed by atoms with Gasteiger partial charge in [0, 0.05) is 6.42 Å². The minimum atomic E-state index is 1.20. The third-order valence-corrected chi connectivity index (χ3v) is 3.50. The Morgan fingerprint density at radius 2 is 1.71 bits per heavy atom. The molecule has 1 aliphatic carbocycles. The van der Waals surface area contributed by atoms with E-state index in [0.717, 1.165) is 0 Å². The van der Waals surface area contributed by atoms with Crippen LogP contribution in [0.1, 0.15) is 36.5 Å². The number of rotatable bonds is 3. The molecule has 0 heterocycles. The molecular formula is C17H17. The Morgan fingerprint density at radius 1 is 0.882 bits per heavy atom. The number of unbranched alkanes of at least 4 members (excludes halogenated alkanes) is 1. The van der Waals surface area contributed by atoms with Gasteiger partial charge in [0.2, 0.25) is 0 Å². The lowest BCUT2D eigenvalue weighted by atomic mass is 10.0. The van der Waals surface area contributed by atoms with Crippen molar-refractivity contribution in [3.63, 3.8) is 0 Å². The number of hydrogen-bond donors (Lipinski definition) is 0. The van der Waals surface area contributed by atoms with Crippen LogP contribution in [0.4, 0.5) is 0 Å². The number of benzene rings is 2. The van der Waals surface area contributed by atoms with Gasteiger partial charge in [-0.15, -0.1) is 0 Å². The molecule has 2 aromatic carbocycles. The van der Waals surface area contributed by atoms with Crippen LogP contribution in [0, 0.1) is 6.42 Å². The summed E-state index contributed by atoms with van der Waals surface area (Å²) in [5.41, 5.74) is 6.98. The monoisotopic (exact) mass is 221 g/mol. The molecular weight excluding hydrogens is 204 g/mol. The van der Waals surface area contributed by atoms with Crippen molar-refractivity contribution < 1.29 is 0 Å². The molecule has 85 valence electrons. The molecule has 3 rings (SSSR count). The fourth-order valence-electron chi connectivity index (χ4n) is 2.55. The maximum atomic E-state index is 2.35. The first-order valence-corrected chi connectivity index (χ1v) is 6.45. The summed E-state index contributed by atoms with van der Waals surface area (Å²) in [6, 6.07) is 15.6. The van der Waals surface area contributed by atoms with Crippen molar-refractivity contribution in [3.05, 3.63) is 65.6 Å². The second-order valence-electron chi connectivity index (χ2n) is 4.76.